The summed E-state index contributed by atoms with van der Waals surface area (Å²) in [5.41, 5.74) is -1.16. The number of hydrogen-bond acceptors (Lipinski definition) is 7. The normalized spacial score (nSPS) is 13.1. The van der Waals surface area contributed by atoms with Crippen LogP contribution in [-0.2, 0) is 26.9 Å². The molecule has 172 valence electrons. The first kappa shape index (κ1) is 24.6. The number of carbonyl (C=O) groups is 2. The van der Waals surface area contributed by atoms with E-state index >= 15 is 0 Å². The van der Waals surface area contributed by atoms with Crippen molar-refractivity contribution in [1.29, 1.82) is 0 Å². The fourth-order valence-electron chi connectivity index (χ4n) is 2.85. The Labute approximate surface area is 179 Å². The summed E-state index contributed by atoms with van der Waals surface area (Å²) in [6, 6.07) is 5.59. The van der Waals surface area contributed by atoms with Gasteiger partial charge in [-0.2, -0.15) is 13.2 Å². The third-order valence-electron chi connectivity index (χ3n) is 4.50. The SMILES string of the molecule is COC(=O)[C@H](Cc1cc([N+](=O)[O-])ccc1OC)NC(=O)[C@@H](O)c1ccc(C(F)(F)F)cc1. The second-order valence-electron chi connectivity index (χ2n) is 6.56. The van der Waals surface area contributed by atoms with Crippen LogP contribution in [-0.4, -0.2) is 42.2 Å². The average molecular weight is 456 g/mol. The van der Waals surface area contributed by atoms with Crippen molar-refractivity contribution in [2.75, 3.05) is 14.2 Å². The number of halogens is 3. The molecule has 9 nitrogen and oxygen atoms in total. The third kappa shape index (κ3) is 5.94. The van der Waals surface area contributed by atoms with E-state index < -0.39 is 40.7 Å². The molecule has 0 spiro atoms. The van der Waals surface area contributed by atoms with E-state index in [0.717, 1.165) is 25.3 Å². The Morgan fingerprint density at radius 1 is 1.16 bits per heavy atom. The van der Waals surface area contributed by atoms with Crippen molar-refractivity contribution in [3.05, 3.63) is 69.3 Å². The largest absolute Gasteiger partial charge is 0.496 e. The van der Waals surface area contributed by atoms with Crippen molar-refractivity contribution in [2.24, 2.45) is 0 Å². The summed E-state index contributed by atoms with van der Waals surface area (Å²) in [6.07, 6.45) is -6.74. The lowest BCUT2D eigenvalue weighted by Crippen LogP contribution is -2.45. The zero-order chi connectivity index (χ0) is 24.1. The van der Waals surface area contributed by atoms with Gasteiger partial charge in [-0.05, 0) is 23.8 Å². The lowest BCUT2D eigenvalue weighted by atomic mass is 10.0. The minimum atomic E-state index is -4.58. The van der Waals surface area contributed by atoms with Crippen LogP contribution in [0.25, 0.3) is 0 Å². The maximum atomic E-state index is 12.7. The predicted molar refractivity (Wildman–Crippen MR) is 104 cm³/mol. The number of esters is 1. The van der Waals surface area contributed by atoms with Crippen LogP contribution in [0.15, 0.2) is 42.5 Å². The molecule has 2 N–H and O–H groups in total. The van der Waals surface area contributed by atoms with Crippen LogP contribution in [0.4, 0.5) is 18.9 Å². The molecule has 2 aromatic carbocycles. The number of non-ortho nitro benzene ring substituents is 1. The summed E-state index contributed by atoms with van der Waals surface area (Å²) < 4.78 is 47.8. The molecule has 0 saturated heterocycles. The Balaban J connectivity index is 2.24. The number of aliphatic hydroxyl groups excluding tert-OH is 1. The minimum absolute atomic E-state index is 0.132. The topological polar surface area (TPSA) is 128 Å². The van der Waals surface area contributed by atoms with E-state index in [-0.39, 0.29) is 29.0 Å². The number of nitrogens with one attached hydrogen (secondary N) is 1. The second-order valence-corrected chi connectivity index (χ2v) is 6.56. The monoisotopic (exact) mass is 456 g/mol. The van der Waals surface area contributed by atoms with Gasteiger partial charge in [-0.1, -0.05) is 12.1 Å². The molecule has 2 atom stereocenters. The highest BCUT2D eigenvalue weighted by Gasteiger charge is 2.31. The van der Waals surface area contributed by atoms with Crippen LogP contribution in [0.3, 0.4) is 0 Å². The fourth-order valence-corrected chi connectivity index (χ4v) is 2.85. The first-order chi connectivity index (χ1) is 15.0. The first-order valence-corrected chi connectivity index (χ1v) is 9.02. The number of rotatable bonds is 8. The maximum Gasteiger partial charge on any atom is 0.416 e. The minimum Gasteiger partial charge on any atom is -0.496 e. The average Bonchev–Trinajstić information content (AvgIpc) is 2.76. The number of amides is 1. The first-order valence-electron chi connectivity index (χ1n) is 9.02. The highest BCUT2D eigenvalue weighted by molar-refractivity contribution is 5.87. The zero-order valence-electron chi connectivity index (χ0n) is 16.9. The molecule has 32 heavy (non-hydrogen) atoms. The molecular weight excluding hydrogens is 437 g/mol. The number of benzene rings is 2. The second kappa shape index (κ2) is 10.1. The van der Waals surface area contributed by atoms with Crippen molar-refractivity contribution in [1.82, 2.24) is 5.32 Å². The van der Waals surface area contributed by atoms with E-state index in [0.29, 0.717) is 12.1 Å². The number of alkyl halides is 3. The lowest BCUT2D eigenvalue weighted by molar-refractivity contribution is -0.384. The van der Waals surface area contributed by atoms with Gasteiger partial charge < -0.3 is 19.9 Å². The van der Waals surface area contributed by atoms with E-state index in [2.05, 4.69) is 10.1 Å². The summed E-state index contributed by atoms with van der Waals surface area (Å²) in [6.45, 7) is 0. The van der Waals surface area contributed by atoms with Crippen molar-refractivity contribution in [3.8, 4) is 5.75 Å². The number of nitro groups is 1. The van der Waals surface area contributed by atoms with Crippen molar-refractivity contribution in [3.63, 3.8) is 0 Å². The smallest absolute Gasteiger partial charge is 0.416 e. The Morgan fingerprint density at radius 3 is 2.28 bits per heavy atom. The van der Waals surface area contributed by atoms with Gasteiger partial charge in [-0.25, -0.2) is 4.79 Å². The van der Waals surface area contributed by atoms with Gasteiger partial charge in [0.1, 0.15) is 11.8 Å². The highest BCUT2D eigenvalue weighted by Crippen LogP contribution is 2.30. The number of nitrogens with zero attached hydrogens (tertiary/aromatic N) is 1. The van der Waals surface area contributed by atoms with Crippen molar-refractivity contribution < 1.29 is 42.3 Å². The van der Waals surface area contributed by atoms with Gasteiger partial charge >= 0.3 is 12.1 Å². The van der Waals surface area contributed by atoms with Gasteiger partial charge in [0.15, 0.2) is 6.10 Å². The highest BCUT2D eigenvalue weighted by atomic mass is 19.4. The number of carbonyl (C=O) groups excluding carboxylic acids is 2. The van der Waals surface area contributed by atoms with Gasteiger partial charge in [-0.15, -0.1) is 0 Å². The molecule has 0 fully saturated rings. The maximum absolute atomic E-state index is 12.7. The van der Waals surface area contributed by atoms with Crippen LogP contribution in [0.1, 0.15) is 22.8 Å². The number of nitro benzene ring substituents is 1. The number of ether oxygens (including phenoxy) is 2. The van der Waals surface area contributed by atoms with Gasteiger partial charge in [0.25, 0.3) is 11.6 Å². The summed E-state index contributed by atoms with van der Waals surface area (Å²) in [5, 5.41) is 23.5. The van der Waals surface area contributed by atoms with E-state index in [1.807, 2.05) is 0 Å². The predicted octanol–water partition coefficient (Wildman–Crippen LogP) is 2.56. The molecule has 2 aromatic rings. The molecule has 12 heteroatoms. The molecule has 0 radical (unpaired) electrons. The van der Waals surface area contributed by atoms with Crippen LogP contribution < -0.4 is 10.1 Å². The zero-order valence-corrected chi connectivity index (χ0v) is 16.9. The van der Waals surface area contributed by atoms with E-state index in [9.17, 15) is 38.0 Å². The summed E-state index contributed by atoms with van der Waals surface area (Å²) in [5.74, 6) is -1.78. The molecule has 0 aliphatic rings. The Hall–Kier alpha value is -3.67. The molecular formula is C20H19F3N2O7. The van der Waals surface area contributed by atoms with Crippen molar-refractivity contribution in [2.45, 2.75) is 24.7 Å². The van der Waals surface area contributed by atoms with Crippen LogP contribution in [0.5, 0.6) is 5.75 Å². The quantitative estimate of drug-likeness (QED) is 0.355. The molecule has 0 bridgehead atoms. The Bertz CT molecular complexity index is 994. The van der Waals surface area contributed by atoms with E-state index in [4.69, 9.17) is 4.74 Å². The van der Waals surface area contributed by atoms with E-state index in [1.165, 1.54) is 19.2 Å². The molecule has 2 rings (SSSR count). The van der Waals surface area contributed by atoms with Gasteiger partial charge in [0.2, 0.25) is 0 Å². The molecule has 0 heterocycles. The Morgan fingerprint density at radius 2 is 1.78 bits per heavy atom. The molecule has 0 aliphatic heterocycles. The Kier molecular flexibility index (Phi) is 7.76. The van der Waals surface area contributed by atoms with Crippen LogP contribution in [0, 0.1) is 10.1 Å². The van der Waals surface area contributed by atoms with E-state index in [1.54, 1.807) is 0 Å². The van der Waals surface area contributed by atoms with Crippen molar-refractivity contribution >= 4 is 17.6 Å². The number of methoxy groups -OCH3 is 2. The summed E-state index contributed by atoms with van der Waals surface area (Å²) in [7, 11) is 2.36. The molecule has 0 aliphatic carbocycles. The number of aliphatic hydroxyl groups is 1. The number of hydrogen-bond donors (Lipinski definition) is 2. The van der Waals surface area contributed by atoms with Gasteiger partial charge in [0, 0.05) is 24.1 Å². The summed E-state index contributed by atoms with van der Waals surface area (Å²) in [4.78, 5) is 35.0. The van der Waals surface area contributed by atoms with Crippen LogP contribution >= 0.6 is 0 Å². The summed E-state index contributed by atoms with van der Waals surface area (Å²) >= 11 is 0. The lowest BCUT2D eigenvalue weighted by Gasteiger charge is -2.20. The van der Waals surface area contributed by atoms with Gasteiger partial charge in [-0.3, -0.25) is 14.9 Å². The van der Waals surface area contributed by atoms with Gasteiger partial charge in [0.05, 0.1) is 24.7 Å². The molecule has 1 amide bonds. The third-order valence-corrected chi connectivity index (χ3v) is 4.50. The molecule has 0 unspecified atom stereocenters. The molecule has 0 aromatic heterocycles. The molecule has 0 saturated carbocycles. The van der Waals surface area contributed by atoms with Crippen LogP contribution in [0.2, 0.25) is 0 Å². The fraction of sp³-hybridized carbons (Fsp3) is 0.300. The standard InChI is InChI=1S/C20H19F3N2O7/c1-31-16-8-7-14(25(29)30)9-12(16)10-15(19(28)32-2)24-18(27)17(26)11-3-5-13(6-4-11)20(21,22)23/h3-9,15,17,26H,10H2,1-2H3,(H,24,27)/t15-,17-/m0/s1.